The molecule has 2 aromatic rings. The van der Waals surface area contributed by atoms with Gasteiger partial charge in [-0.2, -0.15) is 0 Å². The van der Waals surface area contributed by atoms with E-state index in [0.717, 1.165) is 16.8 Å². The third-order valence-corrected chi connectivity index (χ3v) is 3.08. The Balaban J connectivity index is 1.83. The number of benzene rings is 1. The lowest BCUT2D eigenvalue weighted by Crippen LogP contribution is -2.36. The third-order valence-electron chi connectivity index (χ3n) is 3.08. The minimum Gasteiger partial charge on any atom is -0.347 e. The van der Waals surface area contributed by atoms with E-state index in [1.165, 1.54) is 0 Å². The number of hydrogen-bond acceptors (Lipinski definition) is 3. The quantitative estimate of drug-likeness (QED) is 0.848. The zero-order valence-corrected chi connectivity index (χ0v) is 12.7. The van der Waals surface area contributed by atoms with Crippen molar-refractivity contribution in [2.45, 2.75) is 20.3 Å². The highest BCUT2D eigenvalue weighted by molar-refractivity contribution is 6.39. The van der Waals surface area contributed by atoms with E-state index in [9.17, 15) is 9.59 Å². The summed E-state index contributed by atoms with van der Waals surface area (Å²) in [7, 11) is 0. The fraction of sp³-hybridized carbons (Fsp3) is 0.235. The predicted octanol–water partition coefficient (Wildman–Crippen LogP) is 2.00. The van der Waals surface area contributed by atoms with Gasteiger partial charge in [0, 0.05) is 30.5 Å². The molecule has 2 amide bonds. The van der Waals surface area contributed by atoms with Gasteiger partial charge in [-0.15, -0.1) is 0 Å². The van der Waals surface area contributed by atoms with Gasteiger partial charge in [0.15, 0.2) is 0 Å². The SMILES string of the molecule is Cc1cc(C)cc(NC(=O)C(=O)NCCc2ccccn2)c1. The van der Waals surface area contributed by atoms with Crippen molar-refractivity contribution in [2.75, 3.05) is 11.9 Å². The second-order valence-corrected chi connectivity index (χ2v) is 5.16. The Hall–Kier alpha value is -2.69. The Kier molecular flexibility index (Phi) is 5.25. The average molecular weight is 297 g/mol. The van der Waals surface area contributed by atoms with E-state index in [4.69, 9.17) is 0 Å². The van der Waals surface area contributed by atoms with Gasteiger partial charge < -0.3 is 10.6 Å². The summed E-state index contributed by atoms with van der Waals surface area (Å²) in [5.41, 5.74) is 3.57. The Morgan fingerprint density at radius 1 is 1.05 bits per heavy atom. The molecule has 0 unspecified atom stereocenters. The van der Waals surface area contributed by atoms with E-state index in [2.05, 4.69) is 15.6 Å². The van der Waals surface area contributed by atoms with Gasteiger partial charge in [0.05, 0.1) is 0 Å². The number of aromatic nitrogens is 1. The van der Waals surface area contributed by atoms with Gasteiger partial charge in [0.25, 0.3) is 0 Å². The number of carbonyl (C=O) groups excluding carboxylic acids is 2. The van der Waals surface area contributed by atoms with Crippen LogP contribution in [0.4, 0.5) is 5.69 Å². The molecule has 114 valence electrons. The summed E-state index contributed by atoms with van der Waals surface area (Å²) in [5, 5.41) is 5.19. The van der Waals surface area contributed by atoms with Crippen molar-refractivity contribution in [3.63, 3.8) is 0 Å². The number of anilines is 1. The molecule has 2 rings (SSSR count). The lowest BCUT2D eigenvalue weighted by Gasteiger charge is -2.08. The van der Waals surface area contributed by atoms with Crippen LogP contribution in [-0.2, 0) is 16.0 Å². The summed E-state index contributed by atoms with van der Waals surface area (Å²) in [4.78, 5) is 27.8. The van der Waals surface area contributed by atoms with E-state index in [-0.39, 0.29) is 0 Å². The maximum absolute atomic E-state index is 11.8. The van der Waals surface area contributed by atoms with Crippen molar-refractivity contribution in [1.82, 2.24) is 10.3 Å². The van der Waals surface area contributed by atoms with Crippen LogP contribution in [0.25, 0.3) is 0 Å². The maximum Gasteiger partial charge on any atom is 0.313 e. The second-order valence-electron chi connectivity index (χ2n) is 5.16. The van der Waals surface area contributed by atoms with E-state index in [1.807, 2.05) is 50.2 Å². The van der Waals surface area contributed by atoms with E-state index < -0.39 is 11.8 Å². The summed E-state index contributed by atoms with van der Waals surface area (Å²) in [6, 6.07) is 11.2. The van der Waals surface area contributed by atoms with Crippen molar-refractivity contribution in [3.05, 3.63) is 59.4 Å². The molecule has 2 N–H and O–H groups in total. The topological polar surface area (TPSA) is 71.1 Å². The standard InChI is InChI=1S/C17H19N3O2/c1-12-9-13(2)11-15(10-12)20-17(22)16(21)19-8-6-14-5-3-4-7-18-14/h3-5,7,9-11H,6,8H2,1-2H3,(H,19,21)(H,20,22). The van der Waals surface area contributed by atoms with E-state index in [1.54, 1.807) is 6.20 Å². The molecular weight excluding hydrogens is 278 g/mol. The smallest absolute Gasteiger partial charge is 0.313 e. The molecule has 5 heteroatoms. The molecule has 0 bridgehead atoms. The third kappa shape index (κ3) is 4.70. The first-order valence-electron chi connectivity index (χ1n) is 7.12. The van der Waals surface area contributed by atoms with Crippen LogP contribution in [0, 0.1) is 13.8 Å². The van der Waals surface area contributed by atoms with Crippen LogP contribution in [0.3, 0.4) is 0 Å². The van der Waals surface area contributed by atoms with Crippen LogP contribution < -0.4 is 10.6 Å². The van der Waals surface area contributed by atoms with Crippen LogP contribution in [0.2, 0.25) is 0 Å². The minimum atomic E-state index is -0.661. The highest BCUT2D eigenvalue weighted by atomic mass is 16.2. The van der Waals surface area contributed by atoms with Gasteiger partial charge in [-0.1, -0.05) is 12.1 Å². The molecule has 1 aromatic carbocycles. The Bertz CT molecular complexity index is 649. The minimum absolute atomic E-state index is 0.371. The van der Waals surface area contributed by atoms with Gasteiger partial charge in [0.2, 0.25) is 0 Å². The molecule has 0 fully saturated rings. The maximum atomic E-state index is 11.8. The number of amides is 2. The van der Waals surface area contributed by atoms with Gasteiger partial charge in [0.1, 0.15) is 0 Å². The number of pyridine rings is 1. The van der Waals surface area contributed by atoms with E-state index >= 15 is 0 Å². The summed E-state index contributed by atoms with van der Waals surface area (Å²) in [6.07, 6.45) is 2.29. The summed E-state index contributed by atoms with van der Waals surface area (Å²) in [6.45, 7) is 4.25. The second kappa shape index (κ2) is 7.36. The molecule has 1 heterocycles. The highest BCUT2D eigenvalue weighted by Gasteiger charge is 2.13. The Morgan fingerprint density at radius 3 is 2.41 bits per heavy atom. The number of nitrogens with zero attached hydrogens (tertiary/aromatic N) is 1. The first-order chi connectivity index (χ1) is 10.5. The van der Waals surface area contributed by atoms with Crippen molar-refractivity contribution in [3.8, 4) is 0 Å². The first-order valence-corrected chi connectivity index (χ1v) is 7.12. The lowest BCUT2D eigenvalue weighted by molar-refractivity contribution is -0.136. The zero-order chi connectivity index (χ0) is 15.9. The van der Waals surface area contributed by atoms with Crippen LogP contribution in [0.1, 0.15) is 16.8 Å². The van der Waals surface area contributed by atoms with Crippen LogP contribution in [0.15, 0.2) is 42.6 Å². The van der Waals surface area contributed by atoms with Crippen molar-refractivity contribution < 1.29 is 9.59 Å². The van der Waals surface area contributed by atoms with Gasteiger partial charge in [-0.25, -0.2) is 0 Å². The van der Waals surface area contributed by atoms with Gasteiger partial charge >= 0.3 is 11.8 Å². The van der Waals surface area contributed by atoms with Gasteiger partial charge in [-0.05, 0) is 49.2 Å². The molecule has 0 spiro atoms. The number of hydrogen-bond donors (Lipinski definition) is 2. The molecule has 0 atom stereocenters. The number of rotatable bonds is 4. The Morgan fingerprint density at radius 2 is 1.77 bits per heavy atom. The zero-order valence-electron chi connectivity index (χ0n) is 12.7. The van der Waals surface area contributed by atoms with Crippen molar-refractivity contribution >= 4 is 17.5 Å². The summed E-state index contributed by atoms with van der Waals surface area (Å²) >= 11 is 0. The average Bonchev–Trinajstić information content (AvgIpc) is 2.47. The van der Waals surface area contributed by atoms with Crippen LogP contribution in [0.5, 0.6) is 0 Å². The highest BCUT2D eigenvalue weighted by Crippen LogP contribution is 2.13. The lowest BCUT2D eigenvalue weighted by atomic mass is 10.1. The normalized spacial score (nSPS) is 10.1. The fourth-order valence-electron chi connectivity index (χ4n) is 2.17. The molecule has 0 aliphatic heterocycles. The molecule has 0 radical (unpaired) electrons. The van der Waals surface area contributed by atoms with Crippen LogP contribution in [-0.4, -0.2) is 23.3 Å². The molecule has 22 heavy (non-hydrogen) atoms. The Labute approximate surface area is 129 Å². The summed E-state index contributed by atoms with van der Waals surface area (Å²) < 4.78 is 0. The first kappa shape index (κ1) is 15.7. The number of carbonyl (C=O) groups is 2. The molecule has 1 aromatic heterocycles. The molecular formula is C17H19N3O2. The predicted molar refractivity (Wildman–Crippen MR) is 85.5 cm³/mol. The largest absolute Gasteiger partial charge is 0.347 e. The fourth-order valence-corrected chi connectivity index (χ4v) is 2.17. The number of aryl methyl sites for hydroxylation is 2. The summed E-state index contributed by atoms with van der Waals surface area (Å²) in [5.74, 6) is -1.30. The molecule has 0 saturated carbocycles. The molecule has 0 aliphatic carbocycles. The molecule has 0 aliphatic rings. The molecule has 0 saturated heterocycles. The van der Waals surface area contributed by atoms with Crippen molar-refractivity contribution in [2.24, 2.45) is 0 Å². The monoisotopic (exact) mass is 297 g/mol. The number of nitrogens with one attached hydrogen (secondary N) is 2. The van der Waals surface area contributed by atoms with Gasteiger partial charge in [-0.3, -0.25) is 14.6 Å². The van der Waals surface area contributed by atoms with E-state index in [0.29, 0.717) is 18.7 Å². The van der Waals surface area contributed by atoms with Crippen molar-refractivity contribution in [1.29, 1.82) is 0 Å². The van der Waals surface area contributed by atoms with Crippen LogP contribution >= 0.6 is 0 Å². The molecule has 5 nitrogen and oxygen atoms in total.